The average molecular weight is 237 g/mol. The molecule has 0 aliphatic heterocycles. The van der Waals surface area contributed by atoms with Crippen molar-refractivity contribution in [2.75, 3.05) is 0 Å². The molecule has 0 spiro atoms. The second-order valence-electron chi connectivity index (χ2n) is 4.97. The Hall–Kier alpha value is -1.96. The molecule has 1 aliphatic rings. The third kappa shape index (κ3) is 1.74. The van der Waals surface area contributed by atoms with Gasteiger partial charge in [0.25, 0.3) is 0 Å². The van der Waals surface area contributed by atoms with Crippen molar-refractivity contribution in [2.24, 2.45) is 0 Å². The Labute approximate surface area is 107 Å². The van der Waals surface area contributed by atoms with Crippen molar-refractivity contribution < 1.29 is 4.79 Å². The molecule has 2 aromatic rings. The van der Waals surface area contributed by atoms with E-state index < -0.39 is 0 Å². The topological polar surface area (TPSA) is 30.0 Å². The summed E-state index contributed by atoms with van der Waals surface area (Å²) in [6.07, 6.45) is 3.59. The Kier molecular flexibility index (Phi) is 2.51. The number of rotatable bonds is 3. The lowest BCUT2D eigenvalue weighted by Gasteiger charge is -2.14. The number of aromatic nitrogens is 1. The van der Waals surface area contributed by atoms with Crippen LogP contribution in [0.5, 0.6) is 0 Å². The van der Waals surface area contributed by atoms with E-state index in [-0.39, 0.29) is 11.2 Å². The van der Waals surface area contributed by atoms with Gasteiger partial charge in [0.2, 0.25) is 0 Å². The van der Waals surface area contributed by atoms with Crippen molar-refractivity contribution in [1.29, 1.82) is 0 Å². The first-order valence-electron chi connectivity index (χ1n) is 6.25. The normalized spacial score (nSPS) is 16.3. The molecular weight excluding hydrogens is 222 g/mol. The largest absolute Gasteiger partial charge is 0.293 e. The van der Waals surface area contributed by atoms with Crippen LogP contribution in [0.15, 0.2) is 48.7 Å². The van der Waals surface area contributed by atoms with Gasteiger partial charge in [-0.2, -0.15) is 0 Å². The molecule has 90 valence electrons. The van der Waals surface area contributed by atoms with Gasteiger partial charge >= 0.3 is 0 Å². The maximum atomic E-state index is 12.6. The first-order chi connectivity index (χ1) is 8.72. The summed E-state index contributed by atoms with van der Waals surface area (Å²) >= 11 is 0. The number of nitrogens with zero attached hydrogens (tertiary/aromatic N) is 1. The van der Waals surface area contributed by atoms with Gasteiger partial charge in [0.15, 0.2) is 5.78 Å². The molecule has 3 rings (SSSR count). The van der Waals surface area contributed by atoms with Gasteiger partial charge in [0, 0.05) is 17.5 Å². The molecule has 0 unspecified atom stereocenters. The number of Topliss-reactive ketones (excluding diaryl/α,β-unsaturated/α-hetero) is 1. The number of ketones is 1. The van der Waals surface area contributed by atoms with Crippen molar-refractivity contribution in [3.8, 4) is 0 Å². The highest BCUT2D eigenvalue weighted by molar-refractivity contribution is 6.06. The summed E-state index contributed by atoms with van der Waals surface area (Å²) in [4.78, 5) is 16.8. The van der Waals surface area contributed by atoms with E-state index in [0.29, 0.717) is 0 Å². The smallest absolute Gasteiger partial charge is 0.174 e. The van der Waals surface area contributed by atoms with Gasteiger partial charge < -0.3 is 0 Å². The summed E-state index contributed by atoms with van der Waals surface area (Å²) in [5.74, 6) is 0.209. The van der Waals surface area contributed by atoms with Gasteiger partial charge in [0.1, 0.15) is 0 Å². The first-order valence-corrected chi connectivity index (χ1v) is 6.25. The lowest BCUT2D eigenvalue weighted by molar-refractivity contribution is 0.0945. The molecule has 0 radical (unpaired) electrons. The highest BCUT2D eigenvalue weighted by Crippen LogP contribution is 2.50. The molecule has 1 aliphatic carbocycles. The number of hydrogen-bond acceptors (Lipinski definition) is 2. The van der Waals surface area contributed by atoms with E-state index in [0.717, 1.165) is 29.7 Å². The maximum absolute atomic E-state index is 12.6. The molecule has 18 heavy (non-hydrogen) atoms. The number of aryl methyl sites for hydroxylation is 1. The van der Waals surface area contributed by atoms with Crippen LogP contribution in [-0.4, -0.2) is 10.8 Å². The van der Waals surface area contributed by atoms with Gasteiger partial charge in [-0.3, -0.25) is 9.78 Å². The van der Waals surface area contributed by atoms with Crippen molar-refractivity contribution in [3.63, 3.8) is 0 Å². The lowest BCUT2D eigenvalue weighted by Crippen LogP contribution is -2.20. The summed E-state index contributed by atoms with van der Waals surface area (Å²) in [7, 11) is 0. The van der Waals surface area contributed by atoms with Gasteiger partial charge in [-0.15, -0.1) is 0 Å². The maximum Gasteiger partial charge on any atom is 0.174 e. The van der Waals surface area contributed by atoms with Crippen LogP contribution in [0.1, 0.15) is 34.5 Å². The Balaban J connectivity index is 1.96. The van der Waals surface area contributed by atoms with Crippen LogP contribution in [0.25, 0.3) is 0 Å². The number of pyridine rings is 1. The van der Waals surface area contributed by atoms with Crippen LogP contribution in [0.4, 0.5) is 0 Å². The third-order valence-corrected chi connectivity index (χ3v) is 3.68. The van der Waals surface area contributed by atoms with Gasteiger partial charge in [-0.25, -0.2) is 0 Å². The van der Waals surface area contributed by atoms with Gasteiger partial charge in [-0.1, -0.05) is 30.3 Å². The molecule has 2 heteroatoms. The summed E-state index contributed by atoms with van der Waals surface area (Å²) in [6, 6.07) is 13.9. The minimum Gasteiger partial charge on any atom is -0.293 e. The monoisotopic (exact) mass is 237 g/mol. The number of carbonyl (C=O) groups excluding carboxylic acids is 1. The number of hydrogen-bond donors (Lipinski definition) is 0. The van der Waals surface area contributed by atoms with Crippen LogP contribution in [-0.2, 0) is 5.41 Å². The fourth-order valence-corrected chi connectivity index (χ4v) is 2.41. The third-order valence-electron chi connectivity index (χ3n) is 3.68. The molecule has 0 atom stereocenters. The van der Waals surface area contributed by atoms with E-state index in [2.05, 4.69) is 4.98 Å². The van der Waals surface area contributed by atoms with Crippen LogP contribution < -0.4 is 0 Å². The molecule has 0 bridgehead atoms. The zero-order chi connectivity index (χ0) is 12.6. The van der Waals surface area contributed by atoms with Crippen molar-refractivity contribution in [1.82, 2.24) is 4.98 Å². The van der Waals surface area contributed by atoms with Crippen molar-refractivity contribution >= 4 is 5.78 Å². The van der Waals surface area contributed by atoms with Crippen LogP contribution in [0.2, 0.25) is 0 Å². The molecular formula is C16H15NO. The molecule has 0 amide bonds. The predicted molar refractivity (Wildman–Crippen MR) is 70.7 cm³/mol. The standard InChI is InChI=1S/C16H15NO/c1-12-7-8-13(11-17-12)15(18)16(9-10-16)14-5-3-2-4-6-14/h2-8,11H,9-10H2,1H3. The summed E-state index contributed by atoms with van der Waals surface area (Å²) < 4.78 is 0. The van der Waals surface area contributed by atoms with E-state index in [1.165, 1.54) is 0 Å². The highest BCUT2D eigenvalue weighted by atomic mass is 16.1. The minimum atomic E-state index is -0.280. The fraction of sp³-hybridized carbons (Fsp3) is 0.250. The van der Waals surface area contributed by atoms with E-state index >= 15 is 0 Å². The van der Waals surface area contributed by atoms with Gasteiger partial charge in [-0.05, 0) is 37.5 Å². The summed E-state index contributed by atoms with van der Waals surface area (Å²) in [6.45, 7) is 1.93. The minimum absolute atomic E-state index is 0.209. The zero-order valence-corrected chi connectivity index (χ0v) is 10.4. The Bertz CT molecular complexity index is 568. The molecule has 1 fully saturated rings. The van der Waals surface area contributed by atoms with E-state index in [4.69, 9.17) is 0 Å². The van der Waals surface area contributed by atoms with Crippen LogP contribution in [0.3, 0.4) is 0 Å². The van der Waals surface area contributed by atoms with Crippen molar-refractivity contribution in [2.45, 2.75) is 25.2 Å². The van der Waals surface area contributed by atoms with Crippen molar-refractivity contribution in [3.05, 3.63) is 65.5 Å². The Morgan fingerprint density at radius 3 is 2.39 bits per heavy atom. The molecule has 1 heterocycles. The predicted octanol–water partition coefficient (Wildman–Crippen LogP) is 3.30. The fourth-order valence-electron chi connectivity index (χ4n) is 2.41. The average Bonchev–Trinajstić information content (AvgIpc) is 3.21. The van der Waals surface area contributed by atoms with Crippen LogP contribution in [0, 0.1) is 6.92 Å². The quantitative estimate of drug-likeness (QED) is 0.767. The SMILES string of the molecule is Cc1ccc(C(=O)C2(c3ccccc3)CC2)cn1. The van der Waals surface area contributed by atoms with Gasteiger partial charge in [0.05, 0.1) is 5.41 Å². The molecule has 1 saturated carbocycles. The molecule has 1 aromatic heterocycles. The summed E-state index contributed by atoms with van der Waals surface area (Å²) in [5, 5.41) is 0. The second kappa shape index (κ2) is 4.05. The zero-order valence-electron chi connectivity index (χ0n) is 10.4. The second-order valence-corrected chi connectivity index (χ2v) is 4.97. The number of carbonyl (C=O) groups is 1. The first kappa shape index (κ1) is 11.1. The molecule has 0 saturated heterocycles. The lowest BCUT2D eigenvalue weighted by atomic mass is 9.88. The van der Waals surface area contributed by atoms with E-state index in [9.17, 15) is 4.79 Å². The highest BCUT2D eigenvalue weighted by Gasteiger charge is 2.51. The molecule has 2 nitrogen and oxygen atoms in total. The summed E-state index contributed by atoms with van der Waals surface area (Å²) in [5.41, 5.74) is 2.52. The Morgan fingerprint density at radius 1 is 1.11 bits per heavy atom. The molecule has 0 N–H and O–H groups in total. The van der Waals surface area contributed by atoms with E-state index in [1.54, 1.807) is 6.20 Å². The Morgan fingerprint density at radius 2 is 1.83 bits per heavy atom. The van der Waals surface area contributed by atoms with Crippen LogP contribution >= 0.6 is 0 Å². The number of benzene rings is 1. The molecule has 1 aromatic carbocycles. The van der Waals surface area contributed by atoms with E-state index in [1.807, 2.05) is 49.4 Å².